The van der Waals surface area contributed by atoms with Gasteiger partial charge in [-0.25, -0.2) is 13.1 Å². The third-order valence-electron chi connectivity index (χ3n) is 5.04. The van der Waals surface area contributed by atoms with Crippen LogP contribution in [0.5, 0.6) is 5.75 Å². The Balaban J connectivity index is 1.54. The second kappa shape index (κ2) is 8.75. The molecule has 1 aliphatic carbocycles. The van der Waals surface area contributed by atoms with E-state index in [9.17, 15) is 13.2 Å². The fourth-order valence-corrected chi connectivity index (χ4v) is 4.58. The van der Waals surface area contributed by atoms with Gasteiger partial charge in [-0.1, -0.05) is 24.3 Å². The van der Waals surface area contributed by atoms with Gasteiger partial charge in [-0.15, -0.1) is 0 Å². The molecular weight excluding hydrogens is 376 g/mol. The molecule has 1 aliphatic rings. The molecule has 150 valence electrons. The molecule has 2 aromatic rings. The Bertz CT molecular complexity index is 926. The summed E-state index contributed by atoms with van der Waals surface area (Å²) in [4.78, 5) is 14.4. The van der Waals surface area contributed by atoms with Crippen LogP contribution in [-0.2, 0) is 21.2 Å². The van der Waals surface area contributed by atoms with Crippen molar-refractivity contribution >= 4 is 15.9 Å². The normalized spacial score (nSPS) is 15.9. The van der Waals surface area contributed by atoms with E-state index in [0.717, 1.165) is 12.8 Å². The van der Waals surface area contributed by atoms with Gasteiger partial charge in [0.05, 0.1) is 17.5 Å². The van der Waals surface area contributed by atoms with Crippen molar-refractivity contribution in [1.29, 1.82) is 0 Å². The van der Waals surface area contributed by atoms with Crippen molar-refractivity contribution in [2.75, 3.05) is 20.2 Å². The summed E-state index contributed by atoms with van der Waals surface area (Å²) in [6.07, 6.45) is 1.98. The smallest absolute Gasteiger partial charge is 0.240 e. The van der Waals surface area contributed by atoms with Crippen LogP contribution in [0.25, 0.3) is 0 Å². The molecule has 0 fully saturated rings. The zero-order chi connectivity index (χ0) is 20.1. The summed E-state index contributed by atoms with van der Waals surface area (Å²) in [5, 5.41) is 0. The van der Waals surface area contributed by atoms with Crippen molar-refractivity contribution in [2.45, 2.75) is 37.1 Å². The lowest BCUT2D eigenvalue weighted by atomic mass is 10.1. The number of benzene rings is 2. The fourth-order valence-electron chi connectivity index (χ4n) is 3.54. The lowest BCUT2D eigenvalue weighted by Crippen LogP contribution is -2.34. The molecule has 6 nitrogen and oxygen atoms in total. The van der Waals surface area contributed by atoms with Crippen molar-refractivity contribution in [2.24, 2.45) is 0 Å². The molecule has 0 unspecified atom stereocenters. The maximum Gasteiger partial charge on any atom is 0.240 e. The molecule has 0 aromatic heterocycles. The number of fused-ring (bicyclic) bond motifs is 1. The molecule has 0 spiro atoms. The molecule has 0 saturated heterocycles. The zero-order valence-corrected chi connectivity index (χ0v) is 17.0. The van der Waals surface area contributed by atoms with Crippen LogP contribution in [0.1, 0.15) is 36.9 Å². The summed E-state index contributed by atoms with van der Waals surface area (Å²) in [7, 11) is -1.87. The van der Waals surface area contributed by atoms with Crippen molar-refractivity contribution in [3.05, 3.63) is 59.7 Å². The van der Waals surface area contributed by atoms with Crippen LogP contribution in [0.15, 0.2) is 53.4 Å². The van der Waals surface area contributed by atoms with Gasteiger partial charge in [0.2, 0.25) is 15.9 Å². The van der Waals surface area contributed by atoms with E-state index >= 15 is 0 Å². The first-order chi connectivity index (χ1) is 13.4. The van der Waals surface area contributed by atoms with Crippen molar-refractivity contribution < 1.29 is 17.9 Å². The second-order valence-corrected chi connectivity index (χ2v) is 8.58. The van der Waals surface area contributed by atoms with E-state index in [1.54, 1.807) is 24.1 Å². The van der Waals surface area contributed by atoms with Crippen molar-refractivity contribution in [1.82, 2.24) is 9.62 Å². The Hall–Kier alpha value is -2.38. The van der Waals surface area contributed by atoms with E-state index in [2.05, 4.69) is 16.9 Å². The number of rotatable bonds is 8. The quantitative estimate of drug-likeness (QED) is 0.737. The Morgan fingerprint density at radius 3 is 2.61 bits per heavy atom. The lowest BCUT2D eigenvalue weighted by molar-refractivity contribution is -0.131. The molecule has 1 N–H and O–H groups in total. The number of carbonyl (C=O) groups is 1. The molecule has 0 saturated carbocycles. The number of ether oxygens (including phenoxy) is 1. The maximum absolute atomic E-state index is 12.6. The number of nitrogens with zero attached hydrogens (tertiary/aromatic N) is 1. The van der Waals surface area contributed by atoms with Crippen LogP contribution in [0, 0.1) is 0 Å². The number of nitrogens with one attached hydrogen (secondary N) is 1. The summed E-state index contributed by atoms with van der Waals surface area (Å²) >= 11 is 0. The van der Waals surface area contributed by atoms with E-state index in [1.165, 1.54) is 23.3 Å². The molecule has 3 rings (SSSR count). The number of sulfonamides is 1. The van der Waals surface area contributed by atoms with Gasteiger partial charge >= 0.3 is 0 Å². The molecule has 0 bridgehead atoms. The number of hydrogen-bond donors (Lipinski definition) is 1. The topological polar surface area (TPSA) is 75.7 Å². The number of amides is 1. The molecule has 0 aliphatic heterocycles. The Morgan fingerprint density at radius 1 is 1.18 bits per heavy atom. The van der Waals surface area contributed by atoms with Gasteiger partial charge in [0.25, 0.3) is 0 Å². The van der Waals surface area contributed by atoms with Crippen LogP contribution in [0.3, 0.4) is 0 Å². The number of carbonyl (C=O) groups excluding carboxylic acids is 1. The van der Waals surface area contributed by atoms with E-state index in [1.807, 2.05) is 19.1 Å². The highest BCUT2D eigenvalue weighted by Crippen LogP contribution is 2.34. The van der Waals surface area contributed by atoms with Gasteiger partial charge in [-0.05, 0) is 55.2 Å². The van der Waals surface area contributed by atoms with Gasteiger partial charge in [-0.2, -0.15) is 0 Å². The predicted molar refractivity (Wildman–Crippen MR) is 108 cm³/mol. The molecule has 0 heterocycles. The first kappa shape index (κ1) is 20.4. The van der Waals surface area contributed by atoms with Crippen LogP contribution < -0.4 is 9.46 Å². The molecule has 28 heavy (non-hydrogen) atoms. The molecule has 7 heteroatoms. The van der Waals surface area contributed by atoms with Crippen LogP contribution in [-0.4, -0.2) is 39.4 Å². The van der Waals surface area contributed by atoms with E-state index in [-0.39, 0.29) is 29.8 Å². The summed E-state index contributed by atoms with van der Waals surface area (Å²) in [5.74, 6) is 0.547. The Labute approximate surface area is 166 Å². The van der Waals surface area contributed by atoms with E-state index in [0.29, 0.717) is 12.4 Å². The Kier molecular flexibility index (Phi) is 6.36. The number of hydrogen-bond acceptors (Lipinski definition) is 4. The third kappa shape index (κ3) is 4.54. The highest BCUT2D eigenvalue weighted by molar-refractivity contribution is 7.89. The van der Waals surface area contributed by atoms with E-state index in [4.69, 9.17) is 4.74 Å². The summed E-state index contributed by atoms with van der Waals surface area (Å²) < 4.78 is 32.6. The average Bonchev–Trinajstić information content (AvgIpc) is 3.12. The summed E-state index contributed by atoms with van der Waals surface area (Å²) in [6, 6.07) is 14.5. The van der Waals surface area contributed by atoms with Crippen LogP contribution >= 0.6 is 0 Å². The molecule has 0 radical (unpaired) electrons. The standard InChI is InChI=1S/C21H26N2O4S/c1-3-27-17-9-11-18(12-10-17)28(25,26)22-15-14-21(24)23(2)20-13-8-16-6-4-5-7-19(16)20/h4-7,9-12,20,22H,3,8,13-15H2,1-2H3/t20-/m1/s1. The SMILES string of the molecule is CCOc1ccc(S(=O)(=O)NCCC(=O)N(C)[C@@H]2CCc3ccccc32)cc1. The zero-order valence-electron chi connectivity index (χ0n) is 16.2. The highest BCUT2D eigenvalue weighted by atomic mass is 32.2. The maximum atomic E-state index is 12.6. The van der Waals surface area contributed by atoms with Gasteiger partial charge in [0.1, 0.15) is 5.75 Å². The van der Waals surface area contributed by atoms with Crippen molar-refractivity contribution in [3.8, 4) is 5.75 Å². The number of aryl methyl sites for hydroxylation is 1. The second-order valence-electron chi connectivity index (χ2n) is 6.81. The minimum atomic E-state index is -3.66. The van der Waals surface area contributed by atoms with E-state index < -0.39 is 10.0 Å². The largest absolute Gasteiger partial charge is 0.494 e. The van der Waals surface area contributed by atoms with Crippen LogP contribution in [0.4, 0.5) is 0 Å². The molecule has 1 atom stereocenters. The lowest BCUT2D eigenvalue weighted by Gasteiger charge is -2.25. The third-order valence-corrected chi connectivity index (χ3v) is 6.52. The van der Waals surface area contributed by atoms with Crippen LogP contribution in [0.2, 0.25) is 0 Å². The first-order valence-corrected chi connectivity index (χ1v) is 11.0. The van der Waals surface area contributed by atoms with Gasteiger partial charge in [0, 0.05) is 20.0 Å². The average molecular weight is 403 g/mol. The monoisotopic (exact) mass is 402 g/mol. The van der Waals surface area contributed by atoms with Gasteiger partial charge in [-0.3, -0.25) is 4.79 Å². The predicted octanol–water partition coefficient (Wildman–Crippen LogP) is 2.90. The molecular formula is C21H26N2O4S. The fraction of sp³-hybridized carbons (Fsp3) is 0.381. The molecule has 2 aromatic carbocycles. The minimum absolute atomic E-state index is 0.0615. The van der Waals surface area contributed by atoms with Gasteiger partial charge in [0.15, 0.2) is 0 Å². The molecule has 1 amide bonds. The van der Waals surface area contributed by atoms with Crippen molar-refractivity contribution in [3.63, 3.8) is 0 Å². The summed E-state index contributed by atoms with van der Waals surface area (Å²) in [5.41, 5.74) is 2.47. The minimum Gasteiger partial charge on any atom is -0.494 e. The Morgan fingerprint density at radius 2 is 1.89 bits per heavy atom. The highest BCUT2D eigenvalue weighted by Gasteiger charge is 2.28. The van der Waals surface area contributed by atoms with Gasteiger partial charge < -0.3 is 9.64 Å². The first-order valence-electron chi connectivity index (χ1n) is 9.48. The summed E-state index contributed by atoms with van der Waals surface area (Å²) in [6.45, 7) is 2.45.